The van der Waals surface area contributed by atoms with Gasteiger partial charge in [0.05, 0.1) is 7.11 Å². The van der Waals surface area contributed by atoms with Gasteiger partial charge in [0, 0.05) is 6.42 Å². The number of hydrogen-bond donors (Lipinski definition) is 1. The minimum absolute atomic E-state index is 0.152. The number of benzene rings is 1. The molecule has 0 aliphatic rings. The fourth-order valence-corrected chi connectivity index (χ4v) is 1.29. The van der Waals surface area contributed by atoms with Crippen LogP contribution in [0.5, 0.6) is 0 Å². The Balaban J connectivity index is 2.76. The van der Waals surface area contributed by atoms with Crippen LogP contribution in [0.3, 0.4) is 0 Å². The van der Waals surface area contributed by atoms with Crippen LogP contribution in [0.2, 0.25) is 0 Å². The third kappa shape index (κ3) is 3.02. The molecule has 0 amide bonds. The Bertz CT molecular complexity index is 366. The molecule has 2 N–H and O–H groups in total. The molecule has 0 bridgehead atoms. The van der Waals surface area contributed by atoms with E-state index in [4.69, 9.17) is 5.73 Å². The molecule has 0 aromatic heterocycles. The van der Waals surface area contributed by atoms with E-state index >= 15 is 0 Å². The second kappa shape index (κ2) is 4.89. The van der Waals surface area contributed by atoms with Crippen molar-refractivity contribution in [3.8, 4) is 0 Å². The van der Waals surface area contributed by atoms with Crippen molar-refractivity contribution in [1.29, 1.82) is 0 Å². The van der Waals surface area contributed by atoms with E-state index in [9.17, 15) is 9.18 Å². The molecule has 0 unspecified atom stereocenters. The van der Waals surface area contributed by atoms with Crippen molar-refractivity contribution < 1.29 is 13.9 Å². The van der Waals surface area contributed by atoms with E-state index in [1.165, 1.54) is 13.2 Å². The standard InChI is InChI=1S/C11H14FNO2/c1-7-3-4-8(9(12)5-7)6-10(13)11(14)15-2/h3-5,10H,6,13H2,1-2H3/t10-/m0/s1. The Morgan fingerprint density at radius 2 is 2.27 bits per heavy atom. The number of carbonyl (C=O) groups excluding carboxylic acids is 1. The van der Waals surface area contributed by atoms with Gasteiger partial charge >= 0.3 is 5.97 Å². The van der Waals surface area contributed by atoms with Crippen LogP contribution in [0.15, 0.2) is 18.2 Å². The zero-order valence-corrected chi connectivity index (χ0v) is 8.79. The summed E-state index contributed by atoms with van der Waals surface area (Å²) in [6.07, 6.45) is 0.152. The molecule has 3 nitrogen and oxygen atoms in total. The number of nitrogens with two attached hydrogens (primary N) is 1. The zero-order chi connectivity index (χ0) is 11.4. The molecule has 0 saturated heterocycles. The molecule has 1 aromatic carbocycles. The normalized spacial score (nSPS) is 12.3. The maximum Gasteiger partial charge on any atom is 0.322 e. The van der Waals surface area contributed by atoms with Gasteiger partial charge in [0.25, 0.3) is 0 Å². The van der Waals surface area contributed by atoms with Crippen molar-refractivity contribution in [2.45, 2.75) is 19.4 Å². The number of carbonyl (C=O) groups is 1. The predicted molar refractivity (Wildman–Crippen MR) is 54.8 cm³/mol. The van der Waals surface area contributed by atoms with Crippen molar-refractivity contribution in [2.24, 2.45) is 5.73 Å². The van der Waals surface area contributed by atoms with Crippen molar-refractivity contribution in [2.75, 3.05) is 7.11 Å². The Hall–Kier alpha value is -1.42. The van der Waals surface area contributed by atoms with Gasteiger partial charge in [0.2, 0.25) is 0 Å². The first-order chi connectivity index (χ1) is 7.04. The number of ether oxygens (including phenoxy) is 1. The number of aryl methyl sites for hydroxylation is 1. The first kappa shape index (κ1) is 11.7. The molecule has 82 valence electrons. The fraction of sp³-hybridized carbons (Fsp3) is 0.364. The topological polar surface area (TPSA) is 52.3 Å². The summed E-state index contributed by atoms with van der Waals surface area (Å²) in [7, 11) is 1.26. The van der Waals surface area contributed by atoms with Crippen LogP contribution >= 0.6 is 0 Å². The average molecular weight is 211 g/mol. The number of halogens is 1. The van der Waals surface area contributed by atoms with Gasteiger partial charge in [-0.15, -0.1) is 0 Å². The van der Waals surface area contributed by atoms with Crippen molar-refractivity contribution in [1.82, 2.24) is 0 Å². The van der Waals surface area contributed by atoms with Gasteiger partial charge in [-0.3, -0.25) is 4.79 Å². The second-order valence-corrected chi connectivity index (χ2v) is 3.43. The van der Waals surface area contributed by atoms with Gasteiger partial charge in [-0.05, 0) is 24.1 Å². The molecule has 1 aromatic rings. The molecular weight excluding hydrogens is 197 g/mol. The maximum absolute atomic E-state index is 13.4. The first-order valence-corrected chi connectivity index (χ1v) is 4.63. The van der Waals surface area contributed by atoms with Crippen molar-refractivity contribution in [3.63, 3.8) is 0 Å². The summed E-state index contributed by atoms with van der Waals surface area (Å²) >= 11 is 0. The van der Waals surface area contributed by atoms with Crippen LogP contribution in [-0.2, 0) is 16.0 Å². The summed E-state index contributed by atoms with van der Waals surface area (Å²) in [5.41, 5.74) is 6.79. The zero-order valence-electron chi connectivity index (χ0n) is 8.79. The summed E-state index contributed by atoms with van der Waals surface area (Å²) < 4.78 is 17.8. The fourth-order valence-electron chi connectivity index (χ4n) is 1.29. The van der Waals surface area contributed by atoms with Crippen LogP contribution in [-0.4, -0.2) is 19.1 Å². The lowest BCUT2D eigenvalue weighted by atomic mass is 10.0. The third-order valence-electron chi connectivity index (χ3n) is 2.15. The molecule has 0 saturated carbocycles. The van der Waals surface area contributed by atoms with Crippen molar-refractivity contribution >= 4 is 5.97 Å². The molecule has 0 fully saturated rings. The van der Waals surface area contributed by atoms with E-state index in [1.807, 2.05) is 0 Å². The van der Waals surface area contributed by atoms with Gasteiger partial charge in [-0.25, -0.2) is 4.39 Å². The van der Waals surface area contributed by atoms with Crippen LogP contribution in [0.25, 0.3) is 0 Å². The van der Waals surface area contributed by atoms with Gasteiger partial charge in [0.15, 0.2) is 0 Å². The quantitative estimate of drug-likeness (QED) is 0.764. The first-order valence-electron chi connectivity index (χ1n) is 4.63. The Labute approximate surface area is 88.0 Å². The summed E-state index contributed by atoms with van der Waals surface area (Å²) in [5, 5.41) is 0. The van der Waals surface area contributed by atoms with E-state index in [-0.39, 0.29) is 12.2 Å². The highest BCUT2D eigenvalue weighted by Crippen LogP contribution is 2.11. The number of rotatable bonds is 3. The number of methoxy groups -OCH3 is 1. The molecule has 0 radical (unpaired) electrons. The van der Waals surface area contributed by atoms with Gasteiger partial charge in [-0.1, -0.05) is 12.1 Å². The summed E-state index contributed by atoms with van der Waals surface area (Å²) in [6, 6.07) is 4.02. The predicted octanol–water partition coefficient (Wildman–Crippen LogP) is 1.18. The highest BCUT2D eigenvalue weighted by Gasteiger charge is 2.16. The molecule has 0 heterocycles. The third-order valence-corrected chi connectivity index (χ3v) is 2.15. The maximum atomic E-state index is 13.4. The molecule has 0 aliphatic carbocycles. The number of esters is 1. The number of hydrogen-bond acceptors (Lipinski definition) is 3. The molecular formula is C11H14FNO2. The summed E-state index contributed by atoms with van der Waals surface area (Å²) in [5.74, 6) is -0.871. The van der Waals surface area contributed by atoms with Gasteiger partial charge in [-0.2, -0.15) is 0 Å². The largest absolute Gasteiger partial charge is 0.468 e. The van der Waals surface area contributed by atoms with Crippen molar-refractivity contribution in [3.05, 3.63) is 35.1 Å². The van der Waals surface area contributed by atoms with E-state index < -0.39 is 12.0 Å². The lowest BCUT2D eigenvalue weighted by Gasteiger charge is -2.10. The minimum Gasteiger partial charge on any atom is -0.468 e. The van der Waals surface area contributed by atoms with E-state index in [0.29, 0.717) is 5.56 Å². The van der Waals surface area contributed by atoms with Crippen LogP contribution in [0, 0.1) is 12.7 Å². The van der Waals surface area contributed by atoms with Crippen LogP contribution < -0.4 is 5.73 Å². The minimum atomic E-state index is -0.813. The highest BCUT2D eigenvalue weighted by molar-refractivity contribution is 5.75. The summed E-state index contributed by atoms with van der Waals surface area (Å²) in [4.78, 5) is 11.0. The molecule has 1 rings (SSSR count). The molecule has 1 atom stereocenters. The van der Waals surface area contributed by atoms with Gasteiger partial charge < -0.3 is 10.5 Å². The Kier molecular flexibility index (Phi) is 3.80. The Morgan fingerprint density at radius 3 is 2.80 bits per heavy atom. The lowest BCUT2D eigenvalue weighted by Crippen LogP contribution is -2.33. The SMILES string of the molecule is COC(=O)[C@@H](N)Cc1ccc(C)cc1F. The average Bonchev–Trinajstić information content (AvgIpc) is 2.20. The smallest absolute Gasteiger partial charge is 0.322 e. The molecule has 0 aliphatic heterocycles. The van der Waals surface area contributed by atoms with E-state index in [1.54, 1.807) is 19.1 Å². The van der Waals surface area contributed by atoms with Crippen LogP contribution in [0.1, 0.15) is 11.1 Å². The Morgan fingerprint density at radius 1 is 1.60 bits per heavy atom. The van der Waals surface area contributed by atoms with Gasteiger partial charge in [0.1, 0.15) is 11.9 Å². The van der Waals surface area contributed by atoms with Crippen LogP contribution in [0.4, 0.5) is 4.39 Å². The highest BCUT2D eigenvalue weighted by atomic mass is 19.1. The second-order valence-electron chi connectivity index (χ2n) is 3.43. The molecule has 0 spiro atoms. The lowest BCUT2D eigenvalue weighted by molar-refractivity contribution is -0.142. The van der Waals surface area contributed by atoms with E-state index in [0.717, 1.165) is 5.56 Å². The summed E-state index contributed by atoms with van der Waals surface area (Å²) in [6.45, 7) is 1.80. The molecule has 15 heavy (non-hydrogen) atoms. The monoisotopic (exact) mass is 211 g/mol. The molecule has 4 heteroatoms. The van der Waals surface area contributed by atoms with E-state index in [2.05, 4.69) is 4.74 Å².